The van der Waals surface area contributed by atoms with E-state index in [1.165, 1.54) is 0 Å². The zero-order valence-corrected chi connectivity index (χ0v) is 49.1. The van der Waals surface area contributed by atoms with E-state index in [1.54, 1.807) is 57.5 Å². The van der Waals surface area contributed by atoms with Crippen molar-refractivity contribution in [3.05, 3.63) is 140 Å². The fourth-order valence-electron chi connectivity index (χ4n) is 10.7. The second-order valence-electron chi connectivity index (χ2n) is 21.1. The molecule has 0 bridgehead atoms. The van der Waals surface area contributed by atoms with E-state index in [9.17, 15) is 14.7 Å². The number of allylic oxidation sites excluding steroid dienone is 2. The van der Waals surface area contributed by atoms with Crippen molar-refractivity contribution < 1.29 is 53.5 Å². The summed E-state index contributed by atoms with van der Waals surface area (Å²) in [7, 11) is 0. The number of carbonyl (C=O) groups is 2. The van der Waals surface area contributed by atoms with E-state index in [2.05, 4.69) is 89.1 Å². The average Bonchev–Trinajstić information content (AvgIpc) is 4.27. The number of thiazole rings is 1. The normalized spacial score (nSPS) is 18.0. The molecular weight excluding hydrogens is 998 g/mol. The number of nitrogens with zero attached hydrogens (tertiary/aromatic N) is 7. The minimum Gasteiger partial charge on any atom is -0.507 e. The van der Waals surface area contributed by atoms with Crippen molar-refractivity contribution >= 4 is 40.4 Å². The Morgan fingerprint density at radius 2 is 1.62 bits per heavy atom. The third-order valence-electron chi connectivity index (χ3n) is 15.3. The van der Waals surface area contributed by atoms with Crippen LogP contribution in [0.2, 0.25) is 0 Å². The number of likely N-dealkylation sites (tertiary alicyclic amines) is 2. The molecule has 412 valence electrons. The van der Waals surface area contributed by atoms with Crippen molar-refractivity contribution in [2.75, 3.05) is 44.2 Å². The molecule has 2 amide bonds. The third kappa shape index (κ3) is 15.8. The monoisotopic (exact) mass is 1080 g/mol. The second kappa shape index (κ2) is 28.6. The van der Waals surface area contributed by atoms with Crippen LogP contribution in [-0.2, 0) is 14.3 Å². The van der Waals surface area contributed by atoms with Crippen LogP contribution in [0.4, 0.5) is 5.82 Å². The van der Waals surface area contributed by atoms with Gasteiger partial charge in [-0.15, -0.1) is 11.3 Å². The molecule has 6 heterocycles. The predicted octanol–water partition coefficient (Wildman–Crippen LogP) is 6.25. The van der Waals surface area contributed by atoms with Crippen molar-refractivity contribution in [1.29, 1.82) is 0 Å². The number of amides is 2. The van der Waals surface area contributed by atoms with Gasteiger partial charge in [-0.25, -0.2) is 9.97 Å². The summed E-state index contributed by atoms with van der Waals surface area (Å²) in [6, 6.07) is 16.3. The van der Waals surface area contributed by atoms with E-state index in [0.717, 1.165) is 111 Å². The molecule has 16 nitrogen and oxygen atoms in total. The first-order valence-corrected chi connectivity index (χ1v) is 27.8. The molecule has 0 radical (unpaired) electrons. The van der Waals surface area contributed by atoms with E-state index in [1.807, 2.05) is 45.5 Å². The van der Waals surface area contributed by atoms with Crippen LogP contribution in [0.3, 0.4) is 0 Å². The molecule has 0 saturated carbocycles. The molecule has 3 aliphatic rings. The Balaban J connectivity index is 0.000000301. The van der Waals surface area contributed by atoms with Gasteiger partial charge in [0.05, 0.1) is 45.9 Å². The van der Waals surface area contributed by atoms with Crippen LogP contribution in [0.15, 0.2) is 89.1 Å². The first kappa shape index (κ1) is 61.0. The number of nitrogens with one attached hydrogen (secondary N) is 1. The van der Waals surface area contributed by atoms with E-state index in [-0.39, 0.29) is 83.0 Å². The standard InChI is InChI=1S/C39H54N6O4S.C20H27N5O.Na/c1-25(2)36(34-22-35(42-49-34)44-20-13-29(14-21-44)23-43-18-15-32(16-19-43)48-26(3)4)39(47)45-17-7-8-33(45)38(46)41-27(5)30-9-11-31(12-10-30)37-28(6)40-24-50-37;1-4-14(5-2)13(3)17-11-25(12-24-17)18(20(22)23)10-16(21)15-8-6-7-9-19(15)26;/h9-12,22,24-27,29,32-33,36H,3-4,7-8,13-21,23H2,1-2,5-6H3,(H,41,46);6-14,26H,1-2,4-5,21-23H2,3H3;/q2*-2;+1/b;16-10-;. The number of aromatic hydroxyl groups is 1. The number of anilines is 1. The fourth-order valence-corrected chi connectivity index (χ4v) is 11.5. The Bertz CT molecular complexity index is 2710. The van der Waals surface area contributed by atoms with Gasteiger partial charge in [-0.3, -0.25) is 9.59 Å². The summed E-state index contributed by atoms with van der Waals surface area (Å²) in [6.45, 7) is 31.5. The van der Waals surface area contributed by atoms with Crippen molar-refractivity contribution in [3.63, 3.8) is 0 Å². The maximum absolute atomic E-state index is 14.1. The number of aromatic nitrogens is 4. The predicted molar refractivity (Wildman–Crippen MR) is 304 cm³/mol. The van der Waals surface area contributed by atoms with Crippen molar-refractivity contribution in [2.45, 2.75) is 122 Å². The van der Waals surface area contributed by atoms with Gasteiger partial charge in [0.2, 0.25) is 11.8 Å². The fraction of sp³-hybridized carbons (Fsp3) is 0.475. The zero-order chi connectivity index (χ0) is 54.6. The summed E-state index contributed by atoms with van der Waals surface area (Å²) < 4.78 is 13.4. The van der Waals surface area contributed by atoms with Gasteiger partial charge in [0, 0.05) is 62.8 Å². The molecule has 3 fully saturated rings. The second-order valence-corrected chi connectivity index (χ2v) is 22.0. The van der Waals surface area contributed by atoms with Crippen LogP contribution in [-0.4, -0.2) is 104 Å². The van der Waals surface area contributed by atoms with Crippen LogP contribution >= 0.6 is 11.3 Å². The zero-order valence-electron chi connectivity index (χ0n) is 46.3. The minimum absolute atomic E-state index is 0. The molecule has 18 heteroatoms. The van der Waals surface area contributed by atoms with Crippen molar-refractivity contribution in [1.82, 2.24) is 34.8 Å². The number of hydrogen-bond acceptors (Lipinski definition) is 14. The van der Waals surface area contributed by atoms with Crippen LogP contribution in [0, 0.1) is 52.4 Å². The molecule has 8 N–H and O–H groups in total. The number of piperidine rings is 2. The number of phenols is 1. The molecule has 0 spiro atoms. The van der Waals surface area contributed by atoms with Gasteiger partial charge >= 0.3 is 29.6 Å². The molecule has 2 aromatic carbocycles. The third-order valence-corrected chi connectivity index (χ3v) is 16.3. The van der Waals surface area contributed by atoms with Crippen LogP contribution in [0.1, 0.15) is 125 Å². The summed E-state index contributed by atoms with van der Waals surface area (Å²) in [6.07, 6.45) is 12.6. The van der Waals surface area contributed by atoms with Gasteiger partial charge < -0.3 is 83.8 Å². The average molecular weight is 1080 g/mol. The molecule has 8 rings (SSSR count). The van der Waals surface area contributed by atoms with Crippen LogP contribution < -0.4 is 57.0 Å². The summed E-state index contributed by atoms with van der Waals surface area (Å²) in [5.41, 5.74) is 25.1. The molecule has 0 aliphatic carbocycles. The number of imidazole rings is 1. The maximum Gasteiger partial charge on any atom is 1.00 e. The molecule has 3 aliphatic heterocycles. The molecule has 3 aromatic heterocycles. The quantitative estimate of drug-likeness (QED) is 0.0351. The molecular formula is C59H81N11NaO5S-3. The van der Waals surface area contributed by atoms with E-state index in [4.69, 9.17) is 26.5 Å². The molecule has 3 saturated heterocycles. The number of rotatable bonds is 19. The molecule has 4 unspecified atom stereocenters. The van der Waals surface area contributed by atoms with Gasteiger partial charge in [0.1, 0.15) is 23.5 Å². The Morgan fingerprint density at radius 1 is 0.935 bits per heavy atom. The number of carbonyl (C=O) groups excluding carboxylic acids is 2. The number of hydrogen-bond donors (Lipinski definition) is 5. The smallest absolute Gasteiger partial charge is 0.507 e. The Hall–Kier alpha value is -5.17. The summed E-state index contributed by atoms with van der Waals surface area (Å²) in [5, 5.41) is 17.6. The number of para-hydroxylation sites is 1. The first-order valence-electron chi connectivity index (χ1n) is 27.0. The van der Waals surface area contributed by atoms with Crippen molar-refractivity contribution in [2.24, 2.45) is 35.0 Å². The SMILES string of the molecule is [CH2-]C([CH2-])OC1CCN(CC2CCN(c3cc(C(C(=O)N4CCCC4C(=O)NC(C)c4ccc(-c5scnc5C)cc4)C(C)C)on3)CC2)CC1.[CH2-]CC(C[CH2-])C(C)c1cn(C(/C=C(\N)c2ccccc2O)=C(N)N)cn1.[Na+]. The van der Waals surface area contributed by atoms with E-state index >= 15 is 0 Å². The molecule has 4 atom stereocenters. The number of nitrogens with two attached hydrogens (primary N) is 3. The number of ether oxygens (including phenoxy) is 1. The first-order chi connectivity index (χ1) is 36.5. The molecule has 77 heavy (non-hydrogen) atoms. The number of phenolic OH excluding ortho intramolecular Hbond substituents is 1. The molecule has 5 aromatic rings. The minimum atomic E-state index is -0.505. The maximum atomic E-state index is 14.1. The van der Waals surface area contributed by atoms with Gasteiger partial charge in [0.25, 0.3) is 0 Å². The summed E-state index contributed by atoms with van der Waals surface area (Å²) in [5.74, 6) is 2.09. The van der Waals surface area contributed by atoms with E-state index < -0.39 is 12.0 Å². The van der Waals surface area contributed by atoms with Gasteiger partial charge in [0.15, 0.2) is 11.6 Å². The number of benzene rings is 2. The Kier molecular flexibility index (Phi) is 22.7. The topological polar surface area (TPSA) is 220 Å². The van der Waals surface area contributed by atoms with Crippen LogP contribution in [0.25, 0.3) is 21.8 Å². The Labute approximate surface area is 483 Å². The van der Waals surface area contributed by atoms with Crippen LogP contribution in [0.5, 0.6) is 5.75 Å². The van der Waals surface area contributed by atoms with Gasteiger partial charge in [-0.05, 0) is 99.5 Å². The van der Waals surface area contributed by atoms with Gasteiger partial charge in [-0.2, -0.15) is 18.9 Å². The van der Waals surface area contributed by atoms with Crippen molar-refractivity contribution in [3.8, 4) is 16.2 Å². The summed E-state index contributed by atoms with van der Waals surface area (Å²) >= 11 is 1.63. The number of aryl methyl sites for hydroxylation is 1. The Morgan fingerprint density at radius 3 is 2.23 bits per heavy atom. The van der Waals surface area contributed by atoms with Gasteiger partial charge in [-0.1, -0.05) is 68.2 Å². The van der Waals surface area contributed by atoms with E-state index in [0.29, 0.717) is 47.5 Å². The summed E-state index contributed by atoms with van der Waals surface area (Å²) in [4.78, 5) is 44.4. The largest absolute Gasteiger partial charge is 1.00 e.